The lowest BCUT2D eigenvalue weighted by molar-refractivity contribution is 1.17. The van der Waals surface area contributed by atoms with E-state index in [0.717, 1.165) is 22.3 Å². The Morgan fingerprint density at radius 1 is 1.62 bits per heavy atom. The van der Waals surface area contributed by atoms with Gasteiger partial charge in [0.25, 0.3) is 0 Å². The summed E-state index contributed by atoms with van der Waals surface area (Å²) in [5, 5.41) is 9.56. The van der Waals surface area contributed by atoms with Gasteiger partial charge < -0.3 is 4.98 Å². The van der Waals surface area contributed by atoms with Gasteiger partial charge in [-0.3, -0.25) is 0 Å². The smallest absolute Gasteiger partial charge is 0.141 e. The van der Waals surface area contributed by atoms with E-state index in [1.807, 2.05) is 6.92 Å². The van der Waals surface area contributed by atoms with Gasteiger partial charge in [0, 0.05) is 17.3 Å². The number of nitriles is 1. The third-order valence-corrected chi connectivity index (χ3v) is 2.05. The van der Waals surface area contributed by atoms with Gasteiger partial charge in [-0.1, -0.05) is 0 Å². The van der Waals surface area contributed by atoms with Crippen LogP contribution in [0.15, 0.2) is 12.5 Å². The van der Waals surface area contributed by atoms with E-state index < -0.39 is 0 Å². The molecule has 2 aromatic heterocycles. The Kier molecular flexibility index (Phi) is 1.71. The molecule has 0 spiro atoms. The normalized spacial score (nSPS) is 10.2. The molecule has 0 bridgehead atoms. The maximum absolute atomic E-state index is 8.62. The summed E-state index contributed by atoms with van der Waals surface area (Å²) in [6, 6.07) is 2.13. The number of nitrogens with zero attached hydrogens (tertiary/aromatic N) is 3. The van der Waals surface area contributed by atoms with Gasteiger partial charge >= 0.3 is 0 Å². The van der Waals surface area contributed by atoms with Crippen LogP contribution in [-0.2, 0) is 6.42 Å². The van der Waals surface area contributed by atoms with Crippen molar-refractivity contribution in [1.29, 1.82) is 5.26 Å². The van der Waals surface area contributed by atoms with Crippen molar-refractivity contribution >= 4 is 11.0 Å². The summed E-state index contributed by atoms with van der Waals surface area (Å²) in [5.74, 6) is 0. The molecule has 64 valence electrons. The molecule has 2 rings (SSSR count). The Morgan fingerprint density at radius 3 is 3.23 bits per heavy atom. The number of aryl methyl sites for hydroxylation is 1. The second-order valence-electron chi connectivity index (χ2n) is 2.85. The summed E-state index contributed by atoms with van der Waals surface area (Å²) in [6.07, 6.45) is 3.63. The van der Waals surface area contributed by atoms with Crippen molar-refractivity contribution in [2.24, 2.45) is 0 Å². The van der Waals surface area contributed by atoms with Crippen molar-refractivity contribution in [1.82, 2.24) is 15.0 Å². The third kappa shape index (κ3) is 1.14. The van der Waals surface area contributed by atoms with E-state index in [4.69, 9.17) is 5.26 Å². The molecule has 0 amide bonds. The molecule has 4 nitrogen and oxygen atoms in total. The van der Waals surface area contributed by atoms with Gasteiger partial charge in [-0.15, -0.1) is 0 Å². The van der Waals surface area contributed by atoms with Crippen LogP contribution in [0.2, 0.25) is 0 Å². The van der Waals surface area contributed by atoms with E-state index in [1.165, 1.54) is 6.33 Å². The molecule has 0 unspecified atom stereocenters. The largest absolute Gasteiger partial charge is 0.343 e. The SMILES string of the molecule is Cc1[nH]c2ncncc2c1CC#N. The van der Waals surface area contributed by atoms with Gasteiger partial charge in [0.05, 0.1) is 12.5 Å². The molecule has 2 heterocycles. The molecular formula is C9H8N4. The topological polar surface area (TPSA) is 65.4 Å². The van der Waals surface area contributed by atoms with Crippen molar-refractivity contribution in [3.63, 3.8) is 0 Å². The zero-order chi connectivity index (χ0) is 9.26. The Morgan fingerprint density at radius 2 is 2.46 bits per heavy atom. The molecule has 0 atom stereocenters. The van der Waals surface area contributed by atoms with Gasteiger partial charge in [0.2, 0.25) is 0 Å². The number of H-pyrrole nitrogens is 1. The Balaban J connectivity index is 2.73. The maximum Gasteiger partial charge on any atom is 0.141 e. The summed E-state index contributed by atoms with van der Waals surface area (Å²) >= 11 is 0. The first-order chi connectivity index (χ1) is 6.33. The number of rotatable bonds is 1. The molecule has 0 aliphatic rings. The third-order valence-electron chi connectivity index (χ3n) is 2.05. The van der Waals surface area contributed by atoms with Crippen LogP contribution >= 0.6 is 0 Å². The molecule has 0 radical (unpaired) electrons. The minimum absolute atomic E-state index is 0.402. The minimum Gasteiger partial charge on any atom is -0.343 e. The zero-order valence-corrected chi connectivity index (χ0v) is 7.20. The number of fused-ring (bicyclic) bond motifs is 1. The fraction of sp³-hybridized carbons (Fsp3) is 0.222. The first kappa shape index (κ1) is 7.74. The van der Waals surface area contributed by atoms with Crippen molar-refractivity contribution in [3.05, 3.63) is 23.8 Å². The molecule has 0 fully saturated rings. The highest BCUT2D eigenvalue weighted by atomic mass is 14.9. The second kappa shape index (κ2) is 2.87. The molecule has 0 saturated carbocycles. The number of aromatic amines is 1. The van der Waals surface area contributed by atoms with Crippen LogP contribution < -0.4 is 0 Å². The lowest BCUT2D eigenvalue weighted by atomic mass is 10.1. The fourth-order valence-electron chi connectivity index (χ4n) is 1.41. The molecule has 1 N–H and O–H groups in total. The summed E-state index contributed by atoms with van der Waals surface area (Å²) in [6.45, 7) is 1.94. The summed E-state index contributed by atoms with van der Waals surface area (Å²) < 4.78 is 0. The lowest BCUT2D eigenvalue weighted by Gasteiger charge is -1.90. The summed E-state index contributed by atoms with van der Waals surface area (Å²) in [7, 11) is 0. The van der Waals surface area contributed by atoms with E-state index in [0.29, 0.717) is 6.42 Å². The summed E-state index contributed by atoms with van der Waals surface area (Å²) in [4.78, 5) is 11.1. The van der Waals surface area contributed by atoms with Crippen molar-refractivity contribution in [2.45, 2.75) is 13.3 Å². The molecular weight excluding hydrogens is 164 g/mol. The average Bonchev–Trinajstić information content (AvgIpc) is 2.44. The highest BCUT2D eigenvalue weighted by molar-refractivity contribution is 5.80. The molecule has 0 aromatic carbocycles. The van der Waals surface area contributed by atoms with Crippen molar-refractivity contribution in [3.8, 4) is 6.07 Å². The highest BCUT2D eigenvalue weighted by Crippen LogP contribution is 2.19. The van der Waals surface area contributed by atoms with Crippen LogP contribution in [0.5, 0.6) is 0 Å². The lowest BCUT2D eigenvalue weighted by Crippen LogP contribution is -1.83. The maximum atomic E-state index is 8.62. The Bertz CT molecular complexity index is 478. The minimum atomic E-state index is 0.402. The number of aromatic nitrogens is 3. The Hall–Kier alpha value is -1.89. The van der Waals surface area contributed by atoms with E-state index in [-0.39, 0.29) is 0 Å². The van der Waals surface area contributed by atoms with Crippen LogP contribution in [0, 0.1) is 18.3 Å². The molecule has 4 heteroatoms. The highest BCUT2D eigenvalue weighted by Gasteiger charge is 2.07. The molecule has 0 saturated heterocycles. The molecule has 13 heavy (non-hydrogen) atoms. The van der Waals surface area contributed by atoms with Gasteiger partial charge in [-0.25, -0.2) is 9.97 Å². The van der Waals surface area contributed by atoms with Gasteiger partial charge in [-0.2, -0.15) is 5.26 Å². The fourth-order valence-corrected chi connectivity index (χ4v) is 1.41. The van der Waals surface area contributed by atoms with Gasteiger partial charge in [-0.05, 0) is 12.5 Å². The van der Waals surface area contributed by atoms with Crippen LogP contribution in [-0.4, -0.2) is 15.0 Å². The summed E-state index contributed by atoms with van der Waals surface area (Å²) in [5.41, 5.74) is 2.80. The van der Waals surface area contributed by atoms with Crippen LogP contribution in [0.1, 0.15) is 11.3 Å². The zero-order valence-electron chi connectivity index (χ0n) is 7.20. The van der Waals surface area contributed by atoms with Crippen molar-refractivity contribution < 1.29 is 0 Å². The van der Waals surface area contributed by atoms with Crippen LogP contribution in [0.25, 0.3) is 11.0 Å². The van der Waals surface area contributed by atoms with E-state index in [9.17, 15) is 0 Å². The predicted molar refractivity (Wildman–Crippen MR) is 47.9 cm³/mol. The van der Waals surface area contributed by atoms with Crippen LogP contribution in [0.4, 0.5) is 0 Å². The monoisotopic (exact) mass is 172 g/mol. The Labute approximate surface area is 75.2 Å². The van der Waals surface area contributed by atoms with E-state index >= 15 is 0 Å². The quantitative estimate of drug-likeness (QED) is 0.705. The van der Waals surface area contributed by atoms with Crippen LogP contribution in [0.3, 0.4) is 0 Å². The number of hydrogen-bond donors (Lipinski definition) is 1. The predicted octanol–water partition coefficient (Wildman–Crippen LogP) is 1.33. The molecule has 0 aliphatic carbocycles. The molecule has 2 aromatic rings. The van der Waals surface area contributed by atoms with Gasteiger partial charge in [0.15, 0.2) is 0 Å². The second-order valence-corrected chi connectivity index (χ2v) is 2.85. The van der Waals surface area contributed by atoms with Crippen molar-refractivity contribution in [2.75, 3.05) is 0 Å². The van der Waals surface area contributed by atoms with Gasteiger partial charge in [0.1, 0.15) is 12.0 Å². The number of hydrogen-bond acceptors (Lipinski definition) is 3. The standard InChI is InChI=1S/C9H8N4/c1-6-7(2-3-10)8-4-11-5-12-9(8)13-6/h4-5H,2H2,1H3,(H,11,12,13). The number of nitrogens with one attached hydrogen (secondary N) is 1. The van der Waals surface area contributed by atoms with E-state index in [2.05, 4.69) is 21.0 Å². The van der Waals surface area contributed by atoms with E-state index in [1.54, 1.807) is 6.20 Å². The molecule has 0 aliphatic heterocycles. The average molecular weight is 172 g/mol. The first-order valence-corrected chi connectivity index (χ1v) is 3.97. The first-order valence-electron chi connectivity index (χ1n) is 3.97.